The van der Waals surface area contributed by atoms with Crippen molar-refractivity contribution in [3.8, 4) is 11.5 Å². The van der Waals surface area contributed by atoms with E-state index in [1.165, 1.54) is 50.6 Å². The van der Waals surface area contributed by atoms with Crippen LogP contribution in [0.15, 0.2) is 65.6 Å². The summed E-state index contributed by atoms with van der Waals surface area (Å²) in [5.74, 6) is 0.391. The second-order valence-electron chi connectivity index (χ2n) is 6.29. The Hall–Kier alpha value is -2.94. The van der Waals surface area contributed by atoms with Gasteiger partial charge in [-0.3, -0.25) is 9.52 Å². The van der Waals surface area contributed by atoms with Gasteiger partial charge in [0.1, 0.15) is 16.4 Å². The number of anilines is 2. The molecule has 0 bridgehead atoms. The van der Waals surface area contributed by atoms with Crippen LogP contribution >= 0.6 is 23.2 Å². The van der Waals surface area contributed by atoms with Crippen LogP contribution in [0.5, 0.6) is 11.5 Å². The zero-order valence-electron chi connectivity index (χ0n) is 16.5. The minimum atomic E-state index is -4.07. The number of carbonyl (C=O) groups is 1. The molecular weight excluding hydrogens is 463 g/mol. The molecule has 0 unspecified atom stereocenters. The predicted molar refractivity (Wildman–Crippen MR) is 121 cm³/mol. The Kier molecular flexibility index (Phi) is 6.94. The Morgan fingerprint density at radius 2 is 1.52 bits per heavy atom. The Morgan fingerprint density at radius 3 is 2.13 bits per heavy atom. The maximum Gasteiger partial charge on any atom is 0.263 e. The molecule has 2 N–H and O–H groups in total. The second-order valence-corrected chi connectivity index (χ2v) is 8.75. The molecule has 0 radical (unpaired) electrons. The highest BCUT2D eigenvalue weighted by molar-refractivity contribution is 7.92. The minimum absolute atomic E-state index is 0.0133. The summed E-state index contributed by atoms with van der Waals surface area (Å²) in [6, 6.07) is 15.2. The normalized spacial score (nSPS) is 11.0. The molecule has 0 aromatic heterocycles. The first-order valence-corrected chi connectivity index (χ1v) is 11.1. The summed E-state index contributed by atoms with van der Waals surface area (Å²) in [6.07, 6.45) is 0. The van der Waals surface area contributed by atoms with Crippen LogP contribution < -0.4 is 19.5 Å². The Labute approximate surface area is 189 Å². The number of amides is 1. The molecule has 0 aliphatic carbocycles. The van der Waals surface area contributed by atoms with Crippen molar-refractivity contribution < 1.29 is 22.7 Å². The zero-order chi connectivity index (χ0) is 22.6. The van der Waals surface area contributed by atoms with Crippen LogP contribution in [0.25, 0.3) is 0 Å². The van der Waals surface area contributed by atoms with Gasteiger partial charge in [0.25, 0.3) is 15.9 Å². The monoisotopic (exact) mass is 480 g/mol. The van der Waals surface area contributed by atoms with Crippen LogP contribution in [-0.4, -0.2) is 28.5 Å². The van der Waals surface area contributed by atoms with Crippen molar-refractivity contribution in [2.75, 3.05) is 24.3 Å². The minimum Gasteiger partial charge on any atom is -0.497 e. The summed E-state index contributed by atoms with van der Waals surface area (Å²) in [4.78, 5) is 12.5. The van der Waals surface area contributed by atoms with Gasteiger partial charge in [-0.2, -0.15) is 0 Å². The van der Waals surface area contributed by atoms with E-state index in [0.717, 1.165) is 0 Å². The third kappa shape index (κ3) is 5.41. The number of sulfonamides is 1. The highest BCUT2D eigenvalue weighted by atomic mass is 35.5. The standard InChI is InChI=1S/C21H18Cl2N2O5S/c1-29-15-9-13(10-16(12-15)30-2)21(26)24-14-7-8-18(23)20(11-14)31(27,28)25-19-6-4-3-5-17(19)22/h3-12,25H,1-2H3,(H,24,26). The maximum absolute atomic E-state index is 12.8. The molecule has 0 aliphatic heterocycles. The number of hydrogen-bond acceptors (Lipinski definition) is 5. The molecular formula is C21H18Cl2N2O5S. The van der Waals surface area contributed by atoms with Crippen molar-refractivity contribution in [1.29, 1.82) is 0 Å². The van der Waals surface area contributed by atoms with Crippen LogP contribution in [0.4, 0.5) is 11.4 Å². The fourth-order valence-corrected chi connectivity index (χ4v) is 4.52. The number of carbonyl (C=O) groups excluding carboxylic acids is 1. The van der Waals surface area contributed by atoms with Crippen molar-refractivity contribution in [3.63, 3.8) is 0 Å². The van der Waals surface area contributed by atoms with Crippen LogP contribution in [0.1, 0.15) is 10.4 Å². The topological polar surface area (TPSA) is 93.7 Å². The Morgan fingerprint density at radius 1 is 0.871 bits per heavy atom. The first kappa shape index (κ1) is 22.7. The van der Waals surface area contributed by atoms with Gasteiger partial charge in [-0.25, -0.2) is 8.42 Å². The fraction of sp³-hybridized carbons (Fsp3) is 0.0952. The highest BCUT2D eigenvalue weighted by Gasteiger charge is 2.21. The van der Waals surface area contributed by atoms with Gasteiger partial charge in [0.15, 0.2) is 0 Å². The molecule has 0 saturated heterocycles. The van der Waals surface area contributed by atoms with Crippen LogP contribution in [0.3, 0.4) is 0 Å². The number of nitrogens with one attached hydrogen (secondary N) is 2. The number of methoxy groups -OCH3 is 2. The summed E-state index contributed by atoms with van der Waals surface area (Å²) in [6.45, 7) is 0. The van der Waals surface area contributed by atoms with E-state index in [4.69, 9.17) is 32.7 Å². The van der Waals surface area contributed by atoms with Gasteiger partial charge in [-0.1, -0.05) is 35.3 Å². The van der Waals surface area contributed by atoms with E-state index in [9.17, 15) is 13.2 Å². The summed E-state index contributed by atoms with van der Waals surface area (Å²) >= 11 is 12.2. The molecule has 0 spiro atoms. The third-order valence-electron chi connectivity index (χ3n) is 4.21. The van der Waals surface area contributed by atoms with Gasteiger partial charge in [-0.05, 0) is 42.5 Å². The van der Waals surface area contributed by atoms with E-state index < -0.39 is 15.9 Å². The molecule has 7 nitrogen and oxygen atoms in total. The highest BCUT2D eigenvalue weighted by Crippen LogP contribution is 2.30. The third-order valence-corrected chi connectivity index (χ3v) is 6.39. The molecule has 0 fully saturated rings. The molecule has 3 aromatic rings. The summed E-state index contributed by atoms with van der Waals surface area (Å²) < 4.78 is 38.4. The van der Waals surface area contributed by atoms with Gasteiger partial charge in [0.2, 0.25) is 0 Å². The van der Waals surface area contributed by atoms with E-state index in [0.29, 0.717) is 11.5 Å². The number of hydrogen-bond donors (Lipinski definition) is 2. The molecule has 10 heteroatoms. The Balaban J connectivity index is 1.89. The average Bonchev–Trinajstić information content (AvgIpc) is 2.76. The molecule has 162 valence electrons. The first-order valence-electron chi connectivity index (χ1n) is 8.85. The summed E-state index contributed by atoms with van der Waals surface area (Å²) in [7, 11) is -1.13. The largest absolute Gasteiger partial charge is 0.497 e. The smallest absolute Gasteiger partial charge is 0.263 e. The summed E-state index contributed by atoms with van der Waals surface area (Å²) in [5.41, 5.74) is 0.707. The molecule has 31 heavy (non-hydrogen) atoms. The lowest BCUT2D eigenvalue weighted by Gasteiger charge is -2.13. The number of rotatable bonds is 7. The van der Waals surface area contributed by atoms with E-state index in [2.05, 4.69) is 10.0 Å². The van der Waals surface area contributed by atoms with Crippen molar-refractivity contribution >= 4 is 50.5 Å². The molecule has 0 atom stereocenters. The van der Waals surface area contributed by atoms with Crippen LogP contribution in [0, 0.1) is 0 Å². The lowest BCUT2D eigenvalue weighted by molar-refractivity contribution is 0.102. The predicted octanol–water partition coefficient (Wildman–Crippen LogP) is 5.06. The van der Waals surface area contributed by atoms with Crippen molar-refractivity contribution in [2.24, 2.45) is 0 Å². The fourth-order valence-electron chi connectivity index (χ4n) is 2.67. The number of ether oxygens (including phenoxy) is 2. The van der Waals surface area contributed by atoms with Gasteiger partial charge >= 0.3 is 0 Å². The van der Waals surface area contributed by atoms with E-state index in [1.54, 1.807) is 24.3 Å². The van der Waals surface area contributed by atoms with E-state index >= 15 is 0 Å². The van der Waals surface area contributed by atoms with Gasteiger partial charge in [-0.15, -0.1) is 0 Å². The van der Waals surface area contributed by atoms with Crippen molar-refractivity contribution in [3.05, 3.63) is 76.3 Å². The first-order chi connectivity index (χ1) is 14.7. The summed E-state index contributed by atoms with van der Waals surface area (Å²) in [5, 5.41) is 2.87. The molecule has 1 amide bonds. The number of halogens is 2. The second kappa shape index (κ2) is 9.47. The quantitative estimate of drug-likeness (QED) is 0.492. The maximum atomic E-state index is 12.8. The zero-order valence-corrected chi connectivity index (χ0v) is 18.8. The molecule has 3 aromatic carbocycles. The van der Waals surface area contributed by atoms with E-state index in [1.807, 2.05) is 0 Å². The molecule has 0 heterocycles. The van der Waals surface area contributed by atoms with Gasteiger partial charge in [0.05, 0.1) is 30.0 Å². The Bertz CT molecular complexity index is 1210. The molecule has 0 saturated carbocycles. The van der Waals surface area contributed by atoms with E-state index in [-0.39, 0.29) is 31.9 Å². The number of benzene rings is 3. The van der Waals surface area contributed by atoms with Gasteiger partial charge in [0, 0.05) is 17.3 Å². The average molecular weight is 481 g/mol. The lowest BCUT2D eigenvalue weighted by atomic mass is 10.2. The SMILES string of the molecule is COc1cc(OC)cc(C(=O)Nc2ccc(Cl)c(S(=O)(=O)Nc3ccccc3Cl)c2)c1. The van der Waals surface area contributed by atoms with Gasteiger partial charge < -0.3 is 14.8 Å². The lowest BCUT2D eigenvalue weighted by Crippen LogP contribution is -2.16. The van der Waals surface area contributed by atoms with Crippen molar-refractivity contribution in [1.82, 2.24) is 0 Å². The molecule has 3 rings (SSSR count). The van der Waals surface area contributed by atoms with Crippen LogP contribution in [-0.2, 0) is 10.0 Å². The van der Waals surface area contributed by atoms with Crippen LogP contribution in [0.2, 0.25) is 10.0 Å². The number of para-hydroxylation sites is 1. The molecule has 0 aliphatic rings. The van der Waals surface area contributed by atoms with Crippen molar-refractivity contribution in [2.45, 2.75) is 4.90 Å².